The SMILES string of the molecule is CC[C@H](CNC(=O)N1CCN(C[C@@H]2CCOC2)CC1)c1ccccc1. The molecule has 2 fully saturated rings. The fourth-order valence-corrected chi connectivity index (χ4v) is 3.77. The Morgan fingerprint density at radius 1 is 1.24 bits per heavy atom. The highest BCUT2D eigenvalue weighted by atomic mass is 16.5. The van der Waals surface area contributed by atoms with Crippen LogP contribution in [0.25, 0.3) is 0 Å². The zero-order valence-electron chi connectivity index (χ0n) is 15.3. The molecule has 2 aliphatic heterocycles. The summed E-state index contributed by atoms with van der Waals surface area (Å²) < 4.78 is 5.46. The summed E-state index contributed by atoms with van der Waals surface area (Å²) >= 11 is 0. The largest absolute Gasteiger partial charge is 0.381 e. The van der Waals surface area contributed by atoms with Gasteiger partial charge in [0, 0.05) is 51.8 Å². The Kier molecular flexibility index (Phi) is 6.70. The van der Waals surface area contributed by atoms with Crippen LogP contribution in [0.5, 0.6) is 0 Å². The highest BCUT2D eigenvalue weighted by Gasteiger charge is 2.25. The van der Waals surface area contributed by atoms with E-state index in [0.29, 0.717) is 18.4 Å². The molecule has 1 aromatic rings. The third-order valence-electron chi connectivity index (χ3n) is 5.46. The molecule has 2 heterocycles. The lowest BCUT2D eigenvalue weighted by molar-refractivity contribution is 0.119. The number of hydrogen-bond donors (Lipinski definition) is 1. The summed E-state index contributed by atoms with van der Waals surface area (Å²) in [6, 6.07) is 10.5. The normalized spacial score (nSPS) is 22.8. The Morgan fingerprint density at radius 3 is 2.64 bits per heavy atom. The zero-order valence-corrected chi connectivity index (χ0v) is 15.3. The Hall–Kier alpha value is -1.59. The molecule has 0 unspecified atom stereocenters. The second-order valence-corrected chi connectivity index (χ2v) is 7.22. The summed E-state index contributed by atoms with van der Waals surface area (Å²) in [6.07, 6.45) is 2.21. The molecule has 1 aromatic carbocycles. The van der Waals surface area contributed by atoms with Crippen LogP contribution in [0, 0.1) is 5.92 Å². The number of carbonyl (C=O) groups is 1. The average molecular weight is 345 g/mol. The van der Waals surface area contributed by atoms with Crippen LogP contribution in [0.3, 0.4) is 0 Å². The monoisotopic (exact) mass is 345 g/mol. The van der Waals surface area contributed by atoms with Gasteiger partial charge in [-0.2, -0.15) is 0 Å². The number of benzene rings is 1. The van der Waals surface area contributed by atoms with Gasteiger partial charge in [-0.15, -0.1) is 0 Å². The summed E-state index contributed by atoms with van der Waals surface area (Å²) in [4.78, 5) is 16.9. The van der Waals surface area contributed by atoms with Crippen molar-refractivity contribution in [1.29, 1.82) is 0 Å². The molecule has 138 valence electrons. The second kappa shape index (κ2) is 9.20. The van der Waals surface area contributed by atoms with Gasteiger partial charge >= 0.3 is 6.03 Å². The quantitative estimate of drug-likeness (QED) is 0.862. The van der Waals surface area contributed by atoms with Crippen LogP contribution in [0.15, 0.2) is 30.3 Å². The van der Waals surface area contributed by atoms with Gasteiger partial charge < -0.3 is 15.0 Å². The van der Waals surface area contributed by atoms with Crippen LogP contribution in [-0.2, 0) is 4.74 Å². The lowest BCUT2D eigenvalue weighted by atomic mass is 9.97. The number of carbonyl (C=O) groups excluding carboxylic acids is 1. The van der Waals surface area contributed by atoms with Crippen molar-refractivity contribution in [2.45, 2.75) is 25.7 Å². The van der Waals surface area contributed by atoms with Crippen molar-refractivity contribution in [3.63, 3.8) is 0 Å². The molecular weight excluding hydrogens is 314 g/mol. The molecule has 2 aliphatic rings. The van der Waals surface area contributed by atoms with Crippen LogP contribution in [0.4, 0.5) is 4.79 Å². The lowest BCUT2D eigenvalue weighted by Gasteiger charge is -2.36. The first kappa shape index (κ1) is 18.2. The molecule has 0 aromatic heterocycles. The highest BCUT2D eigenvalue weighted by Crippen LogP contribution is 2.18. The Labute approximate surface area is 151 Å². The number of nitrogens with zero attached hydrogens (tertiary/aromatic N) is 2. The van der Waals surface area contributed by atoms with Crippen LogP contribution in [0.1, 0.15) is 31.2 Å². The first-order valence-corrected chi connectivity index (χ1v) is 9.64. The van der Waals surface area contributed by atoms with E-state index >= 15 is 0 Å². The minimum Gasteiger partial charge on any atom is -0.381 e. The third kappa shape index (κ3) is 5.19. The third-order valence-corrected chi connectivity index (χ3v) is 5.46. The van der Waals surface area contributed by atoms with Gasteiger partial charge in [0.05, 0.1) is 6.61 Å². The van der Waals surface area contributed by atoms with E-state index in [1.165, 1.54) is 12.0 Å². The first-order valence-electron chi connectivity index (χ1n) is 9.64. The molecule has 2 amide bonds. The number of piperazine rings is 1. The fourth-order valence-electron chi connectivity index (χ4n) is 3.77. The standard InChI is InChI=1S/C20H31N3O2/c1-2-18(19-6-4-3-5-7-19)14-21-20(24)23-11-9-22(10-12-23)15-17-8-13-25-16-17/h3-7,17-18H,2,8-16H2,1H3,(H,21,24)/t17-,18+/m0/s1. The number of urea groups is 1. The van der Waals surface area contributed by atoms with E-state index in [-0.39, 0.29) is 6.03 Å². The molecule has 0 aliphatic carbocycles. The number of ether oxygens (including phenoxy) is 1. The van der Waals surface area contributed by atoms with E-state index in [9.17, 15) is 4.79 Å². The van der Waals surface area contributed by atoms with E-state index in [4.69, 9.17) is 4.74 Å². The van der Waals surface area contributed by atoms with Gasteiger partial charge in [-0.3, -0.25) is 4.90 Å². The van der Waals surface area contributed by atoms with Crippen molar-refractivity contribution in [2.75, 3.05) is 52.5 Å². The molecule has 2 atom stereocenters. The van der Waals surface area contributed by atoms with Crippen molar-refractivity contribution in [2.24, 2.45) is 5.92 Å². The average Bonchev–Trinajstić information content (AvgIpc) is 3.16. The van der Waals surface area contributed by atoms with Crippen LogP contribution < -0.4 is 5.32 Å². The van der Waals surface area contributed by atoms with E-state index in [1.807, 2.05) is 11.0 Å². The van der Waals surface area contributed by atoms with E-state index < -0.39 is 0 Å². The minimum atomic E-state index is 0.0817. The molecule has 0 bridgehead atoms. The van der Waals surface area contributed by atoms with Crippen molar-refractivity contribution < 1.29 is 9.53 Å². The number of amides is 2. The van der Waals surface area contributed by atoms with Crippen molar-refractivity contribution >= 4 is 6.03 Å². The zero-order chi connectivity index (χ0) is 17.5. The highest BCUT2D eigenvalue weighted by molar-refractivity contribution is 5.74. The van der Waals surface area contributed by atoms with Gasteiger partial charge in [-0.1, -0.05) is 37.3 Å². The molecule has 0 spiro atoms. The Bertz CT molecular complexity index is 523. The molecule has 2 saturated heterocycles. The predicted molar refractivity (Wildman–Crippen MR) is 99.8 cm³/mol. The Morgan fingerprint density at radius 2 is 2.00 bits per heavy atom. The summed E-state index contributed by atoms with van der Waals surface area (Å²) in [5.41, 5.74) is 1.30. The lowest BCUT2D eigenvalue weighted by Crippen LogP contribution is -2.52. The van der Waals surface area contributed by atoms with Crippen molar-refractivity contribution in [3.05, 3.63) is 35.9 Å². The topological polar surface area (TPSA) is 44.8 Å². The Balaban J connectivity index is 1.40. The molecule has 3 rings (SSSR count). The predicted octanol–water partition coefficient (Wildman–Crippen LogP) is 2.54. The van der Waals surface area contributed by atoms with Gasteiger partial charge in [0.25, 0.3) is 0 Å². The van der Waals surface area contributed by atoms with Crippen LogP contribution >= 0.6 is 0 Å². The van der Waals surface area contributed by atoms with Crippen molar-refractivity contribution in [1.82, 2.24) is 15.1 Å². The van der Waals surface area contributed by atoms with Gasteiger partial charge in [-0.25, -0.2) is 4.79 Å². The maximum Gasteiger partial charge on any atom is 0.317 e. The number of hydrogen-bond acceptors (Lipinski definition) is 3. The maximum absolute atomic E-state index is 12.5. The van der Waals surface area contributed by atoms with E-state index in [0.717, 1.165) is 52.4 Å². The minimum absolute atomic E-state index is 0.0817. The van der Waals surface area contributed by atoms with E-state index in [1.54, 1.807) is 0 Å². The second-order valence-electron chi connectivity index (χ2n) is 7.22. The summed E-state index contributed by atoms with van der Waals surface area (Å²) in [7, 11) is 0. The smallest absolute Gasteiger partial charge is 0.317 e. The van der Waals surface area contributed by atoms with Crippen LogP contribution in [0.2, 0.25) is 0 Å². The van der Waals surface area contributed by atoms with Gasteiger partial charge in [0.2, 0.25) is 0 Å². The van der Waals surface area contributed by atoms with Gasteiger partial charge in [0.15, 0.2) is 0 Å². The van der Waals surface area contributed by atoms with Crippen LogP contribution in [-0.4, -0.2) is 68.3 Å². The first-order chi connectivity index (χ1) is 12.3. The summed E-state index contributed by atoms with van der Waals surface area (Å²) in [6.45, 7) is 9.39. The molecule has 25 heavy (non-hydrogen) atoms. The molecule has 0 radical (unpaired) electrons. The van der Waals surface area contributed by atoms with E-state index in [2.05, 4.69) is 41.4 Å². The molecule has 5 heteroatoms. The summed E-state index contributed by atoms with van der Waals surface area (Å²) in [5.74, 6) is 1.06. The van der Waals surface area contributed by atoms with Gasteiger partial charge in [-0.05, 0) is 24.3 Å². The molecule has 0 saturated carbocycles. The van der Waals surface area contributed by atoms with Gasteiger partial charge in [0.1, 0.15) is 0 Å². The number of rotatable bonds is 6. The molecular formula is C20H31N3O2. The molecule has 1 N–H and O–H groups in total. The van der Waals surface area contributed by atoms with Crippen molar-refractivity contribution in [3.8, 4) is 0 Å². The fraction of sp³-hybridized carbons (Fsp3) is 0.650. The number of nitrogens with one attached hydrogen (secondary N) is 1. The summed E-state index contributed by atoms with van der Waals surface area (Å²) in [5, 5.41) is 3.14. The molecule has 5 nitrogen and oxygen atoms in total. The maximum atomic E-state index is 12.5.